The van der Waals surface area contributed by atoms with Gasteiger partial charge in [0.15, 0.2) is 11.5 Å². The summed E-state index contributed by atoms with van der Waals surface area (Å²) in [7, 11) is 7.07. The Balaban J connectivity index is 1.63. The van der Waals surface area contributed by atoms with Crippen LogP contribution in [0.25, 0.3) is 0 Å². The van der Waals surface area contributed by atoms with Gasteiger partial charge in [-0.15, -0.1) is 0 Å². The number of hydrazine groups is 1. The summed E-state index contributed by atoms with van der Waals surface area (Å²) < 4.78 is 73.8. The van der Waals surface area contributed by atoms with Crippen LogP contribution in [0.2, 0.25) is 0 Å². The number of hydrogen-bond donors (Lipinski definition) is 5. The van der Waals surface area contributed by atoms with E-state index in [2.05, 4.69) is 16.0 Å². The number of carbonyl (C=O) groups excluding carboxylic acids is 4. The summed E-state index contributed by atoms with van der Waals surface area (Å²) in [4.78, 5) is 51.3. The second-order valence-electron chi connectivity index (χ2n) is 12.2. The van der Waals surface area contributed by atoms with Crippen LogP contribution in [0.4, 0.5) is 18.0 Å². The number of alkyl carbamates (subject to hydrolysis) is 1. The lowest BCUT2D eigenvalue weighted by atomic mass is 10.1. The largest absolute Gasteiger partial charge is 0.497 e. The highest BCUT2D eigenvalue weighted by atomic mass is 19.4. The number of carbonyl (C=O) groups is 4. The molecule has 0 saturated heterocycles. The van der Waals surface area contributed by atoms with Crippen molar-refractivity contribution in [3.05, 3.63) is 77.4 Å². The van der Waals surface area contributed by atoms with Crippen LogP contribution in [0.5, 0.6) is 28.7 Å². The van der Waals surface area contributed by atoms with Gasteiger partial charge in [0.1, 0.15) is 30.2 Å². The van der Waals surface area contributed by atoms with Crippen LogP contribution in [0.3, 0.4) is 0 Å². The van der Waals surface area contributed by atoms with Crippen LogP contribution in [0.1, 0.15) is 42.4 Å². The molecular weight excluding hydrogens is 743 g/mol. The van der Waals surface area contributed by atoms with E-state index in [0.717, 1.165) is 5.56 Å². The van der Waals surface area contributed by atoms with E-state index in [0.29, 0.717) is 34.8 Å². The van der Waals surface area contributed by atoms with E-state index in [1.54, 1.807) is 30.3 Å². The third kappa shape index (κ3) is 14.4. The summed E-state index contributed by atoms with van der Waals surface area (Å²) in [5, 5.41) is 7.59. The van der Waals surface area contributed by atoms with Gasteiger partial charge in [-0.2, -0.15) is 13.2 Å². The van der Waals surface area contributed by atoms with Crippen molar-refractivity contribution in [3.8, 4) is 28.7 Å². The molecule has 0 bridgehead atoms. The third-order valence-electron chi connectivity index (χ3n) is 8.26. The van der Waals surface area contributed by atoms with Gasteiger partial charge >= 0.3 is 12.3 Å². The Morgan fingerprint density at radius 2 is 1.41 bits per heavy atom. The van der Waals surface area contributed by atoms with Gasteiger partial charge in [-0.05, 0) is 60.7 Å². The molecule has 0 fully saturated rings. The van der Waals surface area contributed by atoms with Gasteiger partial charge in [-0.3, -0.25) is 19.8 Å². The fourth-order valence-corrected chi connectivity index (χ4v) is 5.33. The van der Waals surface area contributed by atoms with Crippen molar-refractivity contribution in [1.29, 1.82) is 0 Å². The van der Waals surface area contributed by atoms with Crippen molar-refractivity contribution < 1.29 is 60.8 Å². The van der Waals surface area contributed by atoms with Crippen molar-refractivity contribution in [2.24, 2.45) is 0 Å². The fourth-order valence-electron chi connectivity index (χ4n) is 5.33. The molecule has 0 aromatic heterocycles. The number of amides is 4. The molecule has 0 spiro atoms. The zero-order chi connectivity index (χ0) is 41.1. The fraction of sp³-hybridized carbons (Fsp3) is 0.421. The van der Waals surface area contributed by atoms with E-state index in [4.69, 9.17) is 28.4 Å². The highest BCUT2D eigenvalue weighted by Gasteiger charge is 2.41. The van der Waals surface area contributed by atoms with Gasteiger partial charge in [0.05, 0.1) is 48.4 Å². The Kier molecular flexibility index (Phi) is 17.8. The highest BCUT2D eigenvalue weighted by Crippen LogP contribution is 2.38. The van der Waals surface area contributed by atoms with E-state index in [9.17, 15) is 32.3 Å². The maximum absolute atomic E-state index is 14.1. The van der Waals surface area contributed by atoms with Crippen LogP contribution in [-0.2, 0) is 38.7 Å². The first kappa shape index (κ1) is 44.5. The monoisotopic (exact) mass is 791 g/mol. The Morgan fingerprint density at radius 3 is 2.02 bits per heavy atom. The SMILES string of the molecule is COc1ccc(OC)c(CC(=O)N[C@@H](CCCCNC(=O)OCc2ccccc2)C(=O)NNC(CC(=O)NCc2cc(OC)c(OC)c(OC)c2)C(F)(F)F)c1. The maximum atomic E-state index is 14.1. The summed E-state index contributed by atoms with van der Waals surface area (Å²) in [6, 6.07) is 13.2. The summed E-state index contributed by atoms with van der Waals surface area (Å²) in [5.41, 5.74) is 5.65. The van der Waals surface area contributed by atoms with E-state index in [1.807, 2.05) is 29.1 Å². The first-order valence-electron chi connectivity index (χ1n) is 17.4. The summed E-state index contributed by atoms with van der Waals surface area (Å²) in [6.45, 7) is 0.0640. The molecule has 4 amide bonds. The van der Waals surface area contributed by atoms with E-state index in [-0.39, 0.29) is 50.5 Å². The Labute approximate surface area is 322 Å². The number of unbranched alkanes of at least 4 members (excludes halogenated alkanes) is 1. The van der Waals surface area contributed by atoms with Gasteiger partial charge in [0.25, 0.3) is 5.91 Å². The summed E-state index contributed by atoms with van der Waals surface area (Å²) in [6.07, 6.45) is -6.35. The predicted octanol–water partition coefficient (Wildman–Crippen LogP) is 4.11. The first-order valence-corrected chi connectivity index (χ1v) is 17.4. The zero-order valence-electron chi connectivity index (χ0n) is 31.8. The molecule has 0 radical (unpaired) electrons. The normalized spacial score (nSPS) is 12.0. The number of methoxy groups -OCH3 is 5. The molecule has 5 N–H and O–H groups in total. The quantitative estimate of drug-likeness (QED) is 0.0730. The zero-order valence-corrected chi connectivity index (χ0v) is 31.8. The van der Waals surface area contributed by atoms with Crippen LogP contribution >= 0.6 is 0 Å². The standard InChI is InChI=1S/C38H48F3N5O10/c1-51-27-14-15-29(52-2)26(19-27)20-34(48)44-28(13-9-10-16-42-37(50)56-23-24-11-7-6-8-12-24)36(49)46-45-32(38(39,40)41)21-33(47)43-22-25-17-30(53-3)35(55-5)31(18-25)54-4/h6-8,11-12,14-15,17-19,28,32,45H,9-10,13,16,20-23H2,1-5H3,(H,42,50)(H,43,47)(H,44,48)(H,46,49)/t28-,32?/m0/s1. The molecule has 0 aliphatic rings. The van der Waals surface area contributed by atoms with Crippen molar-refractivity contribution in [2.45, 2.75) is 63.5 Å². The molecule has 18 heteroatoms. The average molecular weight is 792 g/mol. The lowest BCUT2D eigenvalue weighted by Gasteiger charge is -2.24. The summed E-state index contributed by atoms with van der Waals surface area (Å²) >= 11 is 0. The molecule has 3 aromatic rings. The minimum absolute atomic E-state index is 0.0127. The van der Waals surface area contributed by atoms with Gasteiger partial charge in [-0.25, -0.2) is 10.2 Å². The van der Waals surface area contributed by atoms with Crippen LogP contribution < -0.4 is 50.5 Å². The van der Waals surface area contributed by atoms with Gasteiger partial charge in [-0.1, -0.05) is 30.3 Å². The molecule has 2 atom stereocenters. The first-order chi connectivity index (χ1) is 26.8. The number of ether oxygens (including phenoxy) is 6. The van der Waals surface area contributed by atoms with Crippen LogP contribution in [-0.4, -0.2) is 84.2 Å². The Bertz CT molecular complexity index is 1720. The minimum atomic E-state index is -4.96. The molecule has 0 aliphatic heterocycles. The summed E-state index contributed by atoms with van der Waals surface area (Å²) in [5.74, 6) is -0.887. The highest BCUT2D eigenvalue weighted by molar-refractivity contribution is 5.88. The third-order valence-corrected chi connectivity index (χ3v) is 8.26. The van der Waals surface area contributed by atoms with E-state index in [1.165, 1.54) is 47.7 Å². The second kappa shape index (κ2) is 22.5. The molecule has 306 valence electrons. The number of halogens is 3. The topological polar surface area (TPSA) is 184 Å². The molecule has 3 aromatic carbocycles. The molecule has 0 heterocycles. The predicted molar refractivity (Wildman–Crippen MR) is 197 cm³/mol. The molecule has 15 nitrogen and oxygen atoms in total. The van der Waals surface area contributed by atoms with Crippen molar-refractivity contribution >= 4 is 23.8 Å². The Morgan fingerprint density at radius 1 is 0.732 bits per heavy atom. The minimum Gasteiger partial charge on any atom is -0.497 e. The molecule has 1 unspecified atom stereocenters. The number of alkyl halides is 3. The average Bonchev–Trinajstić information content (AvgIpc) is 3.19. The lowest BCUT2D eigenvalue weighted by molar-refractivity contribution is -0.165. The van der Waals surface area contributed by atoms with E-state index >= 15 is 0 Å². The molecule has 3 rings (SSSR count). The van der Waals surface area contributed by atoms with Gasteiger partial charge in [0, 0.05) is 18.7 Å². The number of nitrogens with one attached hydrogen (secondary N) is 5. The molecule has 0 saturated carbocycles. The van der Waals surface area contributed by atoms with Crippen molar-refractivity contribution in [1.82, 2.24) is 26.8 Å². The number of rotatable bonds is 22. The van der Waals surface area contributed by atoms with Crippen LogP contribution in [0.15, 0.2) is 60.7 Å². The number of benzene rings is 3. The second-order valence-corrected chi connectivity index (χ2v) is 12.2. The van der Waals surface area contributed by atoms with E-state index < -0.39 is 48.5 Å². The van der Waals surface area contributed by atoms with Gasteiger partial charge < -0.3 is 44.4 Å². The smallest absolute Gasteiger partial charge is 0.407 e. The molecule has 56 heavy (non-hydrogen) atoms. The van der Waals surface area contributed by atoms with Gasteiger partial charge in [0.2, 0.25) is 17.6 Å². The van der Waals surface area contributed by atoms with Crippen LogP contribution in [0, 0.1) is 0 Å². The maximum Gasteiger partial charge on any atom is 0.407 e. The molecular formula is C38H48F3N5O10. The van der Waals surface area contributed by atoms with Crippen molar-refractivity contribution in [3.63, 3.8) is 0 Å². The lowest BCUT2D eigenvalue weighted by Crippen LogP contribution is -2.57. The molecule has 0 aliphatic carbocycles. The van der Waals surface area contributed by atoms with Crippen molar-refractivity contribution in [2.75, 3.05) is 42.1 Å². The Hall–Kier alpha value is -5.91. The number of hydrogen-bond acceptors (Lipinski definition) is 11.